The highest BCUT2D eigenvalue weighted by Gasteiger charge is 2.29. The summed E-state index contributed by atoms with van der Waals surface area (Å²) in [5.74, 6) is -1.07. The van der Waals surface area contributed by atoms with Gasteiger partial charge >= 0.3 is 0 Å². The van der Waals surface area contributed by atoms with Gasteiger partial charge in [0.05, 0.1) is 11.9 Å². The number of anilines is 1. The second-order valence-corrected chi connectivity index (χ2v) is 12.3. The molecule has 10 heteroatoms. The Morgan fingerprint density at radius 3 is 2.45 bits per heavy atom. The number of nitrogens with zero attached hydrogens (tertiary/aromatic N) is 2. The Morgan fingerprint density at radius 2 is 1.79 bits per heavy atom. The van der Waals surface area contributed by atoms with E-state index in [2.05, 4.69) is 5.32 Å². The molecule has 1 aliphatic carbocycles. The molecule has 1 aliphatic rings. The fourth-order valence-corrected chi connectivity index (χ4v) is 6.00. The second kappa shape index (κ2) is 13.4. The summed E-state index contributed by atoms with van der Waals surface area (Å²) >= 11 is 6.21. The number of rotatable bonds is 11. The van der Waals surface area contributed by atoms with Crippen LogP contribution in [0.1, 0.15) is 63.0 Å². The molecular formula is C28H37ClFN3O4S. The van der Waals surface area contributed by atoms with Crippen molar-refractivity contribution in [2.45, 2.75) is 77.4 Å². The first-order chi connectivity index (χ1) is 18.0. The number of amides is 2. The number of nitrogens with one attached hydrogen (secondary N) is 1. The lowest BCUT2D eigenvalue weighted by molar-refractivity contribution is -0.141. The predicted molar refractivity (Wildman–Crippen MR) is 149 cm³/mol. The van der Waals surface area contributed by atoms with E-state index in [1.54, 1.807) is 50.2 Å². The van der Waals surface area contributed by atoms with Crippen LogP contribution in [0.3, 0.4) is 0 Å². The van der Waals surface area contributed by atoms with Gasteiger partial charge in [-0.05, 0) is 56.9 Å². The van der Waals surface area contributed by atoms with E-state index in [0.29, 0.717) is 21.8 Å². The van der Waals surface area contributed by atoms with Crippen molar-refractivity contribution in [3.63, 3.8) is 0 Å². The third-order valence-corrected chi connectivity index (χ3v) is 8.67. The highest BCUT2D eigenvalue weighted by atomic mass is 35.5. The van der Waals surface area contributed by atoms with Crippen molar-refractivity contribution in [3.05, 3.63) is 64.4 Å². The molecule has 0 radical (unpaired) electrons. The first-order valence-electron chi connectivity index (χ1n) is 13.0. The molecule has 3 rings (SSSR count). The summed E-state index contributed by atoms with van der Waals surface area (Å²) in [6.07, 6.45) is 6.38. The zero-order valence-corrected chi connectivity index (χ0v) is 23.8. The maximum atomic E-state index is 14.5. The second-order valence-electron chi connectivity index (χ2n) is 9.96. The summed E-state index contributed by atoms with van der Waals surface area (Å²) in [6.45, 7) is 3.38. The third-order valence-electron chi connectivity index (χ3n) is 7.08. The number of benzene rings is 2. The summed E-state index contributed by atoms with van der Waals surface area (Å²) < 4.78 is 40.8. The first kappa shape index (κ1) is 29.9. The van der Waals surface area contributed by atoms with Crippen molar-refractivity contribution < 1.29 is 22.4 Å². The van der Waals surface area contributed by atoms with Crippen molar-refractivity contribution >= 4 is 39.1 Å². The molecular weight excluding hydrogens is 529 g/mol. The Bertz CT molecular complexity index is 1230. The van der Waals surface area contributed by atoms with Gasteiger partial charge in [-0.15, -0.1) is 0 Å². The molecule has 1 atom stereocenters. The number of hydrogen-bond donors (Lipinski definition) is 1. The summed E-state index contributed by atoms with van der Waals surface area (Å²) in [7, 11) is -3.64. The van der Waals surface area contributed by atoms with Gasteiger partial charge in [0.25, 0.3) is 0 Å². The van der Waals surface area contributed by atoms with E-state index in [9.17, 15) is 22.4 Å². The van der Waals surface area contributed by atoms with E-state index in [4.69, 9.17) is 11.6 Å². The number of carbonyl (C=O) groups is 2. The highest BCUT2D eigenvalue weighted by molar-refractivity contribution is 7.92. The molecule has 0 spiro atoms. The van der Waals surface area contributed by atoms with Crippen LogP contribution in [0.15, 0.2) is 42.5 Å². The van der Waals surface area contributed by atoms with Gasteiger partial charge in [0, 0.05) is 36.1 Å². The van der Waals surface area contributed by atoms with E-state index in [1.807, 2.05) is 0 Å². The fraction of sp³-hybridized carbons (Fsp3) is 0.500. The quantitative estimate of drug-likeness (QED) is 0.406. The maximum absolute atomic E-state index is 14.5. The molecule has 2 aromatic rings. The summed E-state index contributed by atoms with van der Waals surface area (Å²) in [5, 5.41) is 3.50. The molecule has 1 saturated carbocycles. The largest absolute Gasteiger partial charge is 0.352 e. The van der Waals surface area contributed by atoms with Crippen LogP contribution in [-0.2, 0) is 26.2 Å². The maximum Gasteiger partial charge on any atom is 0.242 e. The Morgan fingerprint density at radius 1 is 1.11 bits per heavy atom. The van der Waals surface area contributed by atoms with Gasteiger partial charge in [-0.1, -0.05) is 55.1 Å². The lowest BCUT2D eigenvalue weighted by Gasteiger charge is -2.31. The predicted octanol–water partition coefficient (Wildman–Crippen LogP) is 5.20. The van der Waals surface area contributed by atoms with Gasteiger partial charge < -0.3 is 10.2 Å². The lowest BCUT2D eigenvalue weighted by Crippen LogP contribution is -2.50. The molecule has 0 aromatic heterocycles. The van der Waals surface area contributed by atoms with Gasteiger partial charge in [0.2, 0.25) is 21.8 Å². The summed E-state index contributed by atoms with van der Waals surface area (Å²) in [4.78, 5) is 27.9. The summed E-state index contributed by atoms with van der Waals surface area (Å²) in [5.41, 5.74) is 1.39. The zero-order chi connectivity index (χ0) is 27.9. The molecule has 2 aromatic carbocycles. The monoisotopic (exact) mass is 565 g/mol. The molecule has 0 aliphatic heterocycles. The van der Waals surface area contributed by atoms with Crippen LogP contribution in [-0.4, -0.2) is 50.0 Å². The Hall–Kier alpha value is -2.65. The number of sulfonamides is 1. The van der Waals surface area contributed by atoms with Gasteiger partial charge in [-0.2, -0.15) is 0 Å². The van der Waals surface area contributed by atoms with Crippen molar-refractivity contribution in [3.8, 4) is 0 Å². The molecule has 7 nitrogen and oxygen atoms in total. The van der Waals surface area contributed by atoms with Crippen LogP contribution in [0, 0.1) is 12.7 Å². The van der Waals surface area contributed by atoms with Crippen molar-refractivity contribution in [2.75, 3.05) is 17.1 Å². The van der Waals surface area contributed by atoms with E-state index in [1.165, 1.54) is 15.3 Å². The Kier molecular flexibility index (Phi) is 10.6. The first-order valence-corrected chi connectivity index (χ1v) is 15.3. The zero-order valence-electron chi connectivity index (χ0n) is 22.3. The van der Waals surface area contributed by atoms with Crippen LogP contribution < -0.4 is 9.62 Å². The van der Waals surface area contributed by atoms with Crippen LogP contribution in [0.25, 0.3) is 0 Å². The molecule has 38 heavy (non-hydrogen) atoms. The Balaban J connectivity index is 1.75. The number of carbonyl (C=O) groups excluding carboxylic acids is 2. The molecule has 2 amide bonds. The average molecular weight is 566 g/mol. The fourth-order valence-electron chi connectivity index (χ4n) is 4.81. The van der Waals surface area contributed by atoms with E-state index in [0.717, 1.165) is 38.4 Å². The van der Waals surface area contributed by atoms with E-state index >= 15 is 0 Å². The third kappa shape index (κ3) is 7.93. The molecule has 0 heterocycles. The number of hydrogen-bond acceptors (Lipinski definition) is 4. The van der Waals surface area contributed by atoms with Crippen molar-refractivity contribution in [2.24, 2.45) is 0 Å². The molecule has 1 fully saturated rings. The highest BCUT2D eigenvalue weighted by Crippen LogP contribution is 2.28. The van der Waals surface area contributed by atoms with Crippen molar-refractivity contribution in [1.29, 1.82) is 0 Å². The minimum atomic E-state index is -3.64. The Labute approximate surface area is 230 Å². The van der Waals surface area contributed by atoms with E-state index < -0.39 is 21.9 Å². The van der Waals surface area contributed by atoms with Crippen LogP contribution >= 0.6 is 11.6 Å². The molecule has 0 bridgehead atoms. The van der Waals surface area contributed by atoms with E-state index in [-0.39, 0.29) is 43.8 Å². The normalized spacial score (nSPS) is 15.1. The number of halogens is 2. The minimum absolute atomic E-state index is 0.0128. The van der Waals surface area contributed by atoms with Gasteiger partial charge in [0.1, 0.15) is 11.9 Å². The smallest absolute Gasteiger partial charge is 0.242 e. The lowest BCUT2D eigenvalue weighted by atomic mass is 9.95. The molecule has 0 saturated heterocycles. The molecule has 208 valence electrons. The molecule has 1 N–H and O–H groups in total. The topological polar surface area (TPSA) is 86.8 Å². The van der Waals surface area contributed by atoms with Crippen LogP contribution in [0.2, 0.25) is 5.02 Å². The standard InChI is InChI=1S/C28H37ClFN3O4S/c1-20-24(29)14-9-16-26(20)33(38(3,36)37)18-10-17-27(34)32(19-22-11-7-8-15-25(22)30)21(2)28(35)31-23-12-5-4-6-13-23/h7-9,11,14-16,21,23H,4-6,10,12-13,17-19H2,1-3H3,(H,31,35)/t21-/m1/s1. The van der Waals surface area contributed by atoms with Gasteiger partial charge in [0.15, 0.2) is 0 Å². The SMILES string of the molecule is Cc1c(Cl)cccc1N(CCCC(=O)N(Cc1ccccc1F)[C@H](C)C(=O)NC1CCCCC1)S(C)(=O)=O. The summed E-state index contributed by atoms with van der Waals surface area (Å²) in [6, 6.07) is 10.5. The average Bonchev–Trinajstić information content (AvgIpc) is 2.87. The van der Waals surface area contributed by atoms with Gasteiger partial charge in [-0.25, -0.2) is 12.8 Å². The minimum Gasteiger partial charge on any atom is -0.352 e. The van der Waals surface area contributed by atoms with Gasteiger partial charge in [-0.3, -0.25) is 13.9 Å². The molecule has 0 unspecified atom stereocenters. The van der Waals surface area contributed by atoms with Crippen LogP contribution in [0.5, 0.6) is 0 Å². The van der Waals surface area contributed by atoms with Crippen molar-refractivity contribution in [1.82, 2.24) is 10.2 Å². The van der Waals surface area contributed by atoms with Crippen LogP contribution in [0.4, 0.5) is 10.1 Å².